The van der Waals surface area contributed by atoms with Crippen LogP contribution in [0.15, 0.2) is 42.5 Å². The number of nitrogens with zero attached hydrogens (tertiary/aromatic N) is 3. The van der Waals surface area contributed by atoms with Crippen molar-refractivity contribution in [2.45, 2.75) is 38.3 Å². The van der Waals surface area contributed by atoms with Gasteiger partial charge in [-0.3, -0.25) is 0 Å². The highest BCUT2D eigenvalue weighted by molar-refractivity contribution is 5.87. The largest absolute Gasteiger partial charge is 0.573 e. The Morgan fingerprint density at radius 1 is 1.17 bits per heavy atom. The lowest BCUT2D eigenvalue weighted by atomic mass is 10.0. The quantitative estimate of drug-likeness (QED) is 0.434. The number of carbonyl (C=O) groups is 1. The summed E-state index contributed by atoms with van der Waals surface area (Å²) in [7, 11) is 1.96. The van der Waals surface area contributed by atoms with Gasteiger partial charge >= 0.3 is 12.5 Å². The first kappa shape index (κ1) is 24.9. The van der Waals surface area contributed by atoms with Crippen molar-refractivity contribution in [1.29, 1.82) is 0 Å². The zero-order valence-corrected chi connectivity index (χ0v) is 19.2. The van der Waals surface area contributed by atoms with Gasteiger partial charge in [-0.05, 0) is 57.1 Å². The number of halogens is 4. The van der Waals surface area contributed by atoms with Crippen molar-refractivity contribution >= 4 is 17.1 Å². The van der Waals surface area contributed by atoms with Crippen LogP contribution in [0.5, 0.6) is 5.75 Å². The Hall–Kier alpha value is -3.18. The van der Waals surface area contributed by atoms with Gasteiger partial charge in [0.05, 0.1) is 23.7 Å². The van der Waals surface area contributed by atoms with Crippen LogP contribution in [0.3, 0.4) is 0 Å². The van der Waals surface area contributed by atoms with E-state index in [0.717, 1.165) is 31.3 Å². The molecule has 0 saturated carbocycles. The normalized spacial score (nSPS) is 16.4. The number of alkyl halides is 3. The average Bonchev–Trinajstić information content (AvgIpc) is 3.19. The molecule has 2 heterocycles. The summed E-state index contributed by atoms with van der Waals surface area (Å²) in [4.78, 5) is 19.6. The summed E-state index contributed by atoms with van der Waals surface area (Å²) < 4.78 is 70.4. The van der Waals surface area contributed by atoms with E-state index < -0.39 is 30.1 Å². The fraction of sp³-hybridized carbons (Fsp3) is 0.417. The number of hydrogen-bond donors (Lipinski definition) is 0. The number of imidazole rings is 1. The highest BCUT2D eigenvalue weighted by atomic mass is 19.4. The Morgan fingerprint density at radius 3 is 2.57 bits per heavy atom. The molecule has 0 spiro atoms. The van der Waals surface area contributed by atoms with Gasteiger partial charge in [0.25, 0.3) is 0 Å². The van der Waals surface area contributed by atoms with E-state index in [2.05, 4.69) is 14.6 Å². The number of ether oxygens (including phenoxy) is 3. The number of carbonyl (C=O) groups excluding carboxylic acids is 1. The van der Waals surface area contributed by atoms with Gasteiger partial charge in [-0.2, -0.15) is 0 Å². The summed E-state index contributed by atoms with van der Waals surface area (Å²) in [5, 5.41) is 0. The molecule has 2 aromatic carbocycles. The minimum Gasteiger partial charge on any atom is -0.449 e. The van der Waals surface area contributed by atoms with Crippen LogP contribution in [0.25, 0.3) is 11.0 Å². The molecular formula is C24H25F4N3O4. The molecule has 1 aliphatic rings. The van der Waals surface area contributed by atoms with Crippen molar-refractivity contribution in [1.82, 2.24) is 14.5 Å². The van der Waals surface area contributed by atoms with Gasteiger partial charge < -0.3 is 19.1 Å². The van der Waals surface area contributed by atoms with Gasteiger partial charge in [0, 0.05) is 18.7 Å². The van der Waals surface area contributed by atoms with Crippen LogP contribution in [0.2, 0.25) is 0 Å². The molecule has 188 valence electrons. The molecule has 1 fully saturated rings. The lowest BCUT2D eigenvalue weighted by molar-refractivity contribution is -0.274. The number of rotatable bonds is 6. The van der Waals surface area contributed by atoms with Crippen LogP contribution in [-0.2, 0) is 9.47 Å². The molecule has 0 N–H and O–H groups in total. The summed E-state index contributed by atoms with van der Waals surface area (Å²) in [6.45, 7) is 3.17. The second kappa shape index (κ2) is 10.2. The lowest BCUT2D eigenvalue weighted by Crippen LogP contribution is -2.35. The molecule has 0 radical (unpaired) electrons. The Morgan fingerprint density at radius 2 is 1.89 bits per heavy atom. The van der Waals surface area contributed by atoms with Crippen molar-refractivity contribution in [3.63, 3.8) is 0 Å². The summed E-state index contributed by atoms with van der Waals surface area (Å²) in [5.74, 6) is -1.42. The molecule has 3 aromatic rings. The molecule has 11 heteroatoms. The van der Waals surface area contributed by atoms with Crippen molar-refractivity contribution in [3.8, 4) is 5.75 Å². The van der Waals surface area contributed by atoms with Gasteiger partial charge in [-0.1, -0.05) is 12.1 Å². The van der Waals surface area contributed by atoms with Crippen molar-refractivity contribution in [2.75, 3.05) is 26.7 Å². The SMILES string of the molecule is CCOC(=O)n1c(C(OC2CCN(C)CC2)c2cc(OC(F)(F)F)ccc2F)nc2ccccc21. The second-order valence-electron chi connectivity index (χ2n) is 8.24. The van der Waals surface area contributed by atoms with E-state index >= 15 is 4.39 Å². The highest BCUT2D eigenvalue weighted by Gasteiger charge is 2.34. The number of fused-ring (bicyclic) bond motifs is 1. The maximum absolute atomic E-state index is 15.1. The fourth-order valence-corrected chi connectivity index (χ4v) is 4.11. The van der Waals surface area contributed by atoms with E-state index in [-0.39, 0.29) is 24.1 Å². The predicted molar refractivity (Wildman–Crippen MR) is 119 cm³/mol. The topological polar surface area (TPSA) is 65.8 Å². The third-order valence-electron chi connectivity index (χ3n) is 5.75. The van der Waals surface area contributed by atoms with Crippen LogP contribution < -0.4 is 4.74 Å². The zero-order valence-electron chi connectivity index (χ0n) is 19.2. The van der Waals surface area contributed by atoms with Gasteiger partial charge in [0.1, 0.15) is 17.7 Å². The van der Waals surface area contributed by atoms with E-state index in [1.54, 1.807) is 31.2 Å². The minimum absolute atomic E-state index is 0.00615. The molecule has 1 atom stereocenters. The van der Waals surface area contributed by atoms with Crippen molar-refractivity contribution < 1.29 is 36.6 Å². The molecule has 0 aliphatic carbocycles. The summed E-state index contributed by atoms with van der Waals surface area (Å²) in [6, 6.07) is 9.42. The molecule has 1 saturated heterocycles. The standard InChI is InChI=1S/C24H25F4N3O4/c1-3-33-23(32)31-20-7-5-4-6-19(20)29-22(31)21(34-15-10-12-30(2)13-11-15)17-14-16(8-9-18(17)25)35-24(26,27)28/h4-9,14-15,21H,3,10-13H2,1-2H3. The van der Waals surface area contributed by atoms with Crippen LogP contribution in [0.1, 0.15) is 37.3 Å². The molecule has 7 nitrogen and oxygen atoms in total. The maximum atomic E-state index is 15.1. The molecule has 1 unspecified atom stereocenters. The first-order valence-electron chi connectivity index (χ1n) is 11.2. The van der Waals surface area contributed by atoms with Gasteiger partial charge in [-0.15, -0.1) is 13.2 Å². The number of para-hydroxylation sites is 2. The van der Waals surface area contributed by atoms with Crippen LogP contribution in [0.4, 0.5) is 22.4 Å². The van der Waals surface area contributed by atoms with E-state index in [1.807, 2.05) is 7.05 Å². The van der Waals surface area contributed by atoms with Gasteiger partial charge in [0.15, 0.2) is 5.82 Å². The molecule has 1 aliphatic heterocycles. The molecule has 35 heavy (non-hydrogen) atoms. The highest BCUT2D eigenvalue weighted by Crippen LogP contribution is 2.36. The van der Waals surface area contributed by atoms with Gasteiger partial charge in [-0.25, -0.2) is 18.7 Å². The number of hydrogen-bond acceptors (Lipinski definition) is 6. The summed E-state index contributed by atoms with van der Waals surface area (Å²) in [6.07, 6.45) is -6.11. The van der Waals surface area contributed by atoms with E-state index in [9.17, 15) is 18.0 Å². The first-order chi connectivity index (χ1) is 16.7. The molecule has 1 aromatic heterocycles. The first-order valence-corrected chi connectivity index (χ1v) is 11.2. The van der Waals surface area contributed by atoms with Crippen molar-refractivity contribution in [3.05, 3.63) is 59.7 Å². The molecule has 0 amide bonds. The van der Waals surface area contributed by atoms with Gasteiger partial charge in [0.2, 0.25) is 0 Å². The maximum Gasteiger partial charge on any atom is 0.573 e. The van der Waals surface area contributed by atoms with Crippen molar-refractivity contribution in [2.24, 2.45) is 0 Å². The Labute approximate surface area is 199 Å². The van der Waals surface area contributed by atoms with E-state index in [0.29, 0.717) is 23.9 Å². The van der Waals surface area contributed by atoms with Crippen LogP contribution >= 0.6 is 0 Å². The van der Waals surface area contributed by atoms with Crippen LogP contribution in [0, 0.1) is 5.82 Å². The Balaban J connectivity index is 1.85. The Kier molecular flexibility index (Phi) is 7.27. The molecule has 4 rings (SSSR count). The Bertz CT molecular complexity index is 1190. The van der Waals surface area contributed by atoms with E-state index in [4.69, 9.17) is 9.47 Å². The number of likely N-dealkylation sites (tertiary alicyclic amines) is 1. The zero-order chi connectivity index (χ0) is 25.2. The number of aromatic nitrogens is 2. The minimum atomic E-state index is -4.96. The third kappa shape index (κ3) is 5.73. The third-order valence-corrected chi connectivity index (χ3v) is 5.75. The number of benzene rings is 2. The average molecular weight is 495 g/mol. The lowest BCUT2D eigenvalue weighted by Gasteiger charge is -2.32. The molecular weight excluding hydrogens is 470 g/mol. The second-order valence-corrected chi connectivity index (χ2v) is 8.24. The van der Waals surface area contributed by atoms with E-state index in [1.165, 1.54) is 4.57 Å². The fourth-order valence-electron chi connectivity index (χ4n) is 4.11. The number of piperidine rings is 1. The van der Waals surface area contributed by atoms with Crippen LogP contribution in [-0.4, -0.2) is 59.8 Å². The summed E-state index contributed by atoms with van der Waals surface area (Å²) >= 11 is 0. The predicted octanol–water partition coefficient (Wildman–Crippen LogP) is 5.28. The smallest absolute Gasteiger partial charge is 0.449 e. The summed E-state index contributed by atoms with van der Waals surface area (Å²) in [5.41, 5.74) is 0.600. The monoisotopic (exact) mass is 495 g/mol. The molecule has 0 bridgehead atoms.